The first kappa shape index (κ1) is 29.5. The fraction of sp³-hybridized carbons (Fsp3) is 0.478. The van der Waals surface area contributed by atoms with E-state index in [4.69, 9.17) is 14.3 Å². The van der Waals surface area contributed by atoms with Crippen molar-refractivity contribution in [2.45, 2.75) is 42.7 Å². The molecule has 214 valence electrons. The summed E-state index contributed by atoms with van der Waals surface area (Å²) in [5.41, 5.74) is 2.59. The van der Waals surface area contributed by atoms with Crippen molar-refractivity contribution in [2.24, 2.45) is 0 Å². The van der Waals surface area contributed by atoms with E-state index in [2.05, 4.69) is 5.48 Å². The molecule has 3 heterocycles. The Kier molecular flexibility index (Phi) is 9.05. The third kappa shape index (κ3) is 7.00. The van der Waals surface area contributed by atoms with E-state index in [1.165, 1.54) is 24.3 Å². The summed E-state index contributed by atoms with van der Waals surface area (Å²) in [7, 11) is -7.98. The molecule has 2 aliphatic rings. The number of piperazine rings is 1. The van der Waals surface area contributed by atoms with Crippen molar-refractivity contribution in [3.8, 4) is 16.2 Å². The highest BCUT2D eigenvalue weighted by atomic mass is 32.2. The predicted octanol–water partition coefficient (Wildman–Crippen LogP) is 1.69. The van der Waals surface area contributed by atoms with Crippen LogP contribution in [0.25, 0.3) is 10.4 Å². The zero-order valence-electron chi connectivity index (χ0n) is 21.2. The van der Waals surface area contributed by atoms with Crippen LogP contribution in [0.5, 0.6) is 5.75 Å². The van der Waals surface area contributed by atoms with Gasteiger partial charge in [-0.15, -0.1) is 11.3 Å². The first-order valence-corrected chi connectivity index (χ1v) is 16.1. The summed E-state index contributed by atoms with van der Waals surface area (Å²) in [5.74, 6) is -2.57. The van der Waals surface area contributed by atoms with Crippen LogP contribution in [0.4, 0.5) is 4.39 Å². The molecule has 2 saturated heterocycles. The lowest BCUT2D eigenvalue weighted by Gasteiger charge is -2.38. The van der Waals surface area contributed by atoms with E-state index >= 15 is 0 Å². The number of amides is 1. The first-order valence-electron chi connectivity index (χ1n) is 12.0. The van der Waals surface area contributed by atoms with E-state index in [1.54, 1.807) is 0 Å². The molecule has 0 saturated carbocycles. The van der Waals surface area contributed by atoms with Crippen LogP contribution in [0.15, 0.2) is 34.5 Å². The van der Waals surface area contributed by atoms with Gasteiger partial charge in [-0.2, -0.15) is 8.61 Å². The number of ether oxygens (including phenoxy) is 2. The van der Waals surface area contributed by atoms with Crippen molar-refractivity contribution in [2.75, 3.05) is 32.5 Å². The molecular formula is C23H28FN3O9S3. The Bertz CT molecular complexity index is 1440. The Morgan fingerprint density at radius 2 is 1.90 bits per heavy atom. The van der Waals surface area contributed by atoms with E-state index in [9.17, 15) is 30.8 Å². The van der Waals surface area contributed by atoms with Gasteiger partial charge in [-0.1, -0.05) is 0 Å². The molecule has 0 radical (unpaired) electrons. The van der Waals surface area contributed by atoms with Crippen molar-refractivity contribution in [1.82, 2.24) is 14.1 Å². The van der Waals surface area contributed by atoms with E-state index < -0.39 is 56.6 Å². The minimum atomic E-state index is -4.27. The maximum absolute atomic E-state index is 14.4. The molecule has 1 amide bonds. The lowest BCUT2D eigenvalue weighted by molar-refractivity contribution is -0.202. The van der Waals surface area contributed by atoms with E-state index in [0.29, 0.717) is 23.5 Å². The smallest absolute Gasteiger partial charge is 0.308 e. The molecular weight excluding hydrogens is 577 g/mol. The van der Waals surface area contributed by atoms with Crippen LogP contribution in [0.1, 0.15) is 26.2 Å². The highest BCUT2D eigenvalue weighted by Crippen LogP contribution is 2.35. The number of rotatable bonds is 8. The number of halogens is 1. The van der Waals surface area contributed by atoms with Gasteiger partial charge in [0.05, 0.1) is 6.26 Å². The summed E-state index contributed by atoms with van der Waals surface area (Å²) in [6.07, 6.45) is 2.54. The maximum atomic E-state index is 14.4. The highest BCUT2D eigenvalue weighted by molar-refractivity contribution is 7.91. The fourth-order valence-electron chi connectivity index (χ4n) is 4.16. The molecule has 2 aromatic rings. The van der Waals surface area contributed by atoms with E-state index in [0.717, 1.165) is 52.0 Å². The third-order valence-corrected chi connectivity index (χ3v) is 10.9. The molecule has 12 nitrogen and oxygen atoms in total. The zero-order valence-corrected chi connectivity index (χ0v) is 23.6. The van der Waals surface area contributed by atoms with Gasteiger partial charge in [-0.25, -0.2) is 31.5 Å². The minimum absolute atomic E-state index is 0.121. The first-order chi connectivity index (χ1) is 18.4. The van der Waals surface area contributed by atoms with Crippen molar-refractivity contribution < 1.29 is 45.1 Å². The molecule has 16 heteroatoms. The molecule has 1 unspecified atom stereocenters. The average molecular weight is 606 g/mol. The van der Waals surface area contributed by atoms with Crippen LogP contribution in [0.2, 0.25) is 0 Å². The number of benzene rings is 1. The van der Waals surface area contributed by atoms with Crippen molar-refractivity contribution in [3.05, 3.63) is 36.1 Å². The predicted molar refractivity (Wildman–Crippen MR) is 138 cm³/mol. The van der Waals surface area contributed by atoms with Crippen LogP contribution in [-0.2, 0) is 39.2 Å². The molecule has 1 aromatic carbocycles. The Labute approximate surface area is 229 Å². The summed E-state index contributed by atoms with van der Waals surface area (Å²) < 4.78 is 78.1. The van der Waals surface area contributed by atoms with Gasteiger partial charge in [0.2, 0.25) is 10.0 Å². The van der Waals surface area contributed by atoms with Gasteiger partial charge < -0.3 is 9.47 Å². The van der Waals surface area contributed by atoms with Crippen molar-refractivity contribution >= 4 is 43.3 Å². The largest absolute Gasteiger partial charge is 0.424 e. The topological polar surface area (TPSA) is 149 Å². The third-order valence-electron chi connectivity index (χ3n) is 6.11. The normalized spacial score (nSPS) is 21.4. The van der Waals surface area contributed by atoms with Crippen molar-refractivity contribution in [1.29, 1.82) is 0 Å². The minimum Gasteiger partial charge on any atom is -0.424 e. The number of esters is 1. The number of sulfonamides is 2. The zero-order chi connectivity index (χ0) is 28.4. The molecule has 2 atom stereocenters. The van der Waals surface area contributed by atoms with Gasteiger partial charge in [-0.05, 0) is 48.7 Å². The fourth-order valence-corrected chi connectivity index (χ4v) is 7.99. The number of hydrogen-bond acceptors (Lipinski definition) is 10. The van der Waals surface area contributed by atoms with E-state index in [1.807, 2.05) is 0 Å². The van der Waals surface area contributed by atoms with Crippen molar-refractivity contribution in [3.63, 3.8) is 0 Å². The monoisotopic (exact) mass is 605 g/mol. The molecule has 1 N–H and O–H groups in total. The number of carbonyl (C=O) groups excluding carboxylic acids is 2. The summed E-state index contributed by atoms with van der Waals surface area (Å²) in [6, 6.07) is 5.27. The highest BCUT2D eigenvalue weighted by Gasteiger charge is 2.43. The van der Waals surface area contributed by atoms with Gasteiger partial charge in [0.15, 0.2) is 17.9 Å². The summed E-state index contributed by atoms with van der Waals surface area (Å²) >= 11 is 0.852. The Hall–Kier alpha value is -2.47. The summed E-state index contributed by atoms with van der Waals surface area (Å²) in [4.78, 5) is 29.9. The molecule has 39 heavy (non-hydrogen) atoms. The standard InChI is InChI=1S/C23H28FN3O9S3/c1-15(28)35-19-7-6-16(13-17(19)24)20-8-9-22(37-20)39(32,33)27-11-10-26(38(2,30)31)14-18(27)23(29)25-36-21-5-3-4-12-34-21/h6-9,13,18,21H,3-5,10-12,14H2,1-2H3,(H,25,29)/t18-,21?/m1/s1. The van der Waals surface area contributed by atoms with Gasteiger partial charge in [0.25, 0.3) is 15.9 Å². The number of hydrogen-bond donors (Lipinski definition) is 1. The summed E-state index contributed by atoms with van der Waals surface area (Å²) in [5, 5.41) is 0. The molecule has 2 aliphatic heterocycles. The second-order valence-electron chi connectivity index (χ2n) is 8.99. The molecule has 0 aliphatic carbocycles. The van der Waals surface area contributed by atoms with E-state index in [-0.39, 0.29) is 23.0 Å². The van der Waals surface area contributed by atoms with Gasteiger partial charge in [0.1, 0.15) is 10.3 Å². The molecule has 0 spiro atoms. The number of hydroxylamine groups is 1. The SMILES string of the molecule is CC(=O)Oc1ccc(-c2ccc(S(=O)(=O)N3CCN(S(C)(=O)=O)C[C@@H]3C(=O)NOC3CCCCO3)s2)cc1F. The Morgan fingerprint density at radius 3 is 2.54 bits per heavy atom. The lowest BCUT2D eigenvalue weighted by atomic mass is 10.2. The second-order valence-corrected chi connectivity index (χ2v) is 14.2. The van der Waals surface area contributed by atoms with Crippen LogP contribution in [-0.4, -0.2) is 82.2 Å². The van der Waals surface area contributed by atoms with Crippen LogP contribution in [0.3, 0.4) is 0 Å². The van der Waals surface area contributed by atoms with Crippen LogP contribution >= 0.6 is 11.3 Å². The van der Waals surface area contributed by atoms with Gasteiger partial charge >= 0.3 is 5.97 Å². The Morgan fingerprint density at radius 1 is 1.13 bits per heavy atom. The van der Waals surface area contributed by atoms with Gasteiger partial charge in [-0.3, -0.25) is 9.59 Å². The summed E-state index contributed by atoms with van der Waals surface area (Å²) in [6.45, 7) is 0.786. The second kappa shape index (κ2) is 12.0. The van der Waals surface area contributed by atoms with Crippen LogP contribution < -0.4 is 10.2 Å². The number of nitrogens with one attached hydrogen (secondary N) is 1. The quantitative estimate of drug-likeness (QED) is 0.270. The molecule has 4 rings (SSSR count). The molecule has 2 fully saturated rings. The Balaban J connectivity index is 1.57. The number of carbonyl (C=O) groups is 2. The lowest BCUT2D eigenvalue weighted by Crippen LogP contribution is -2.61. The number of thiophene rings is 1. The van der Waals surface area contributed by atoms with Crippen LogP contribution in [0, 0.1) is 5.82 Å². The van der Waals surface area contributed by atoms with Gasteiger partial charge in [0, 0.05) is 44.5 Å². The maximum Gasteiger partial charge on any atom is 0.308 e. The number of nitrogens with zero attached hydrogens (tertiary/aromatic N) is 2. The molecule has 1 aromatic heterocycles. The molecule has 0 bridgehead atoms. The average Bonchev–Trinajstić information content (AvgIpc) is 3.39.